The minimum absolute atomic E-state index is 0. The Labute approximate surface area is 286 Å². The van der Waals surface area contributed by atoms with Crippen LogP contribution in [0.15, 0.2) is 91.0 Å². The summed E-state index contributed by atoms with van der Waals surface area (Å²) in [6.07, 6.45) is 6.42. The van der Waals surface area contributed by atoms with Gasteiger partial charge in [-0.2, -0.15) is 0 Å². The summed E-state index contributed by atoms with van der Waals surface area (Å²) in [5.41, 5.74) is 4.52. The van der Waals surface area contributed by atoms with E-state index in [4.69, 9.17) is 0 Å². The normalized spacial score (nSPS) is 12.3. The molecule has 1 N–H and O–H groups in total. The molecule has 6 rings (SSSR count). The molecular weight excluding hydrogens is 747 g/mol. The monoisotopic (exact) mass is 791 g/mol. The molecule has 0 bridgehead atoms. The first kappa shape index (κ1) is 35.0. The van der Waals surface area contributed by atoms with Crippen molar-refractivity contribution >= 4 is 49.3 Å². The third-order valence-electron chi connectivity index (χ3n) is 10.2. The maximum atomic E-state index is 12.2. The number of aromatic nitrogens is 3. The number of nitrogens with zero attached hydrogens (tertiary/aromatic N) is 3. The van der Waals surface area contributed by atoms with Gasteiger partial charge in [0.25, 0.3) is 0 Å². The molecule has 0 aliphatic carbocycles. The van der Waals surface area contributed by atoms with Crippen LogP contribution in [0, 0.1) is 16.9 Å². The van der Waals surface area contributed by atoms with E-state index in [0.29, 0.717) is 0 Å². The topological polar surface area (TPSA) is 68.0 Å². The third-order valence-corrected chi connectivity index (χ3v) is 10.2. The number of ketones is 1. The molecule has 0 atom stereocenters. The van der Waals surface area contributed by atoms with E-state index in [0.717, 1.165) is 64.3 Å². The molecule has 0 fully saturated rings. The predicted molar refractivity (Wildman–Crippen MR) is 188 cm³/mol. The average molecular weight is 791 g/mol. The number of hydrogen-bond acceptors (Lipinski definition) is 4. The van der Waals surface area contributed by atoms with Crippen molar-refractivity contribution in [2.24, 2.45) is 17.9 Å². The Kier molecular flexibility index (Phi) is 10.9. The summed E-state index contributed by atoms with van der Waals surface area (Å²) in [4.78, 5) is 21.5. The van der Waals surface area contributed by atoms with Gasteiger partial charge in [-0.15, -0.1) is 29.1 Å². The Bertz CT molecular complexity index is 2030. The van der Waals surface area contributed by atoms with Crippen molar-refractivity contribution in [1.82, 2.24) is 14.5 Å². The number of aliphatic hydroxyl groups excluding tert-OH is 1. The smallest absolute Gasteiger partial charge is 0.164 e. The standard InChI is InChI=1S/C25H16N3.C15H28O2.Ir/c1-28-22-14-18-9-3-2-8-17(18)13-21(22)24-25(28)23(26-15-27-24)20-12-6-10-16-7-4-5-11-19(16)20;1-7-14(5,8-2)12(16)11-13(17)15(6,9-3)10-4;/h2-11,13-15H,1H3;11,16H,7-10H2,1-6H3;/q-1;;/b;12-11-;. The maximum absolute atomic E-state index is 12.2. The van der Waals surface area contributed by atoms with Crippen LogP contribution >= 0.6 is 0 Å². The molecule has 4 aromatic carbocycles. The van der Waals surface area contributed by atoms with E-state index < -0.39 is 0 Å². The van der Waals surface area contributed by atoms with Crippen LogP contribution in [-0.2, 0) is 31.9 Å². The van der Waals surface area contributed by atoms with Gasteiger partial charge in [-0.05, 0) is 48.6 Å². The van der Waals surface area contributed by atoms with Crippen LogP contribution in [0.5, 0.6) is 0 Å². The first-order valence-electron chi connectivity index (χ1n) is 16.1. The molecule has 6 aromatic rings. The van der Waals surface area contributed by atoms with Crippen molar-refractivity contribution in [1.29, 1.82) is 0 Å². The predicted octanol–water partition coefficient (Wildman–Crippen LogP) is 10.5. The molecule has 5 nitrogen and oxygen atoms in total. The zero-order chi connectivity index (χ0) is 32.4. The summed E-state index contributed by atoms with van der Waals surface area (Å²) in [6, 6.07) is 28.8. The first-order valence-corrected chi connectivity index (χ1v) is 16.1. The SMILES string of the molecule is CCC(C)(CC)C(=O)/C=C(\O)C(C)(CC)CC.Cn1c2cc3ccccc3cc2c2ncnc(-c3[c-]ccc4ccccc34)c21.[Ir]. The number of aliphatic hydroxyl groups is 1. The van der Waals surface area contributed by atoms with E-state index in [1.54, 1.807) is 6.33 Å². The van der Waals surface area contributed by atoms with Crippen molar-refractivity contribution in [2.75, 3.05) is 0 Å². The van der Waals surface area contributed by atoms with E-state index in [-0.39, 0.29) is 42.5 Å². The molecule has 0 amide bonds. The molecule has 0 unspecified atom stereocenters. The van der Waals surface area contributed by atoms with E-state index in [9.17, 15) is 9.90 Å². The second-order valence-corrected chi connectivity index (χ2v) is 12.6. The minimum Gasteiger partial charge on any atom is -0.512 e. The van der Waals surface area contributed by atoms with Crippen molar-refractivity contribution in [3.8, 4) is 11.3 Å². The summed E-state index contributed by atoms with van der Waals surface area (Å²) in [7, 11) is 2.09. The van der Waals surface area contributed by atoms with Crippen LogP contribution in [0.2, 0.25) is 0 Å². The van der Waals surface area contributed by atoms with Crippen molar-refractivity contribution in [3.63, 3.8) is 0 Å². The molecule has 1 radical (unpaired) electrons. The third kappa shape index (κ3) is 6.38. The molecular formula is C40H44IrN3O2-. The van der Waals surface area contributed by atoms with E-state index in [2.05, 4.69) is 94.4 Å². The molecule has 0 spiro atoms. The van der Waals surface area contributed by atoms with Crippen molar-refractivity contribution < 1.29 is 30.0 Å². The number of fused-ring (bicyclic) bond motifs is 5. The second-order valence-electron chi connectivity index (χ2n) is 12.6. The number of benzene rings is 4. The molecule has 2 heterocycles. The number of allylic oxidation sites excluding steroid dienone is 2. The Balaban J connectivity index is 0.000000234. The largest absolute Gasteiger partial charge is 0.512 e. The molecule has 2 aromatic heterocycles. The van der Waals surface area contributed by atoms with E-state index in [1.165, 1.54) is 22.2 Å². The molecule has 0 aliphatic heterocycles. The minimum atomic E-state index is -0.337. The molecule has 0 saturated carbocycles. The van der Waals surface area contributed by atoms with Crippen LogP contribution in [-0.4, -0.2) is 25.4 Å². The number of hydrogen-bond donors (Lipinski definition) is 1. The Morgan fingerprint density at radius 3 is 2.04 bits per heavy atom. The molecule has 0 aliphatic rings. The maximum Gasteiger partial charge on any atom is 0.164 e. The number of carbonyl (C=O) groups excluding carboxylic acids is 1. The summed E-state index contributed by atoms with van der Waals surface area (Å²) in [5.74, 6) is 0.286. The van der Waals surface area contributed by atoms with Crippen LogP contribution in [0.1, 0.15) is 67.2 Å². The van der Waals surface area contributed by atoms with E-state index >= 15 is 0 Å². The quantitative estimate of drug-likeness (QED) is 0.0947. The van der Waals surface area contributed by atoms with Crippen LogP contribution in [0.25, 0.3) is 54.7 Å². The van der Waals surface area contributed by atoms with Crippen LogP contribution < -0.4 is 0 Å². The fraction of sp³-hybridized carbons (Fsp3) is 0.325. The van der Waals surface area contributed by atoms with Crippen molar-refractivity contribution in [2.45, 2.75) is 67.2 Å². The number of rotatable bonds is 8. The zero-order valence-electron chi connectivity index (χ0n) is 27.9. The number of aryl methyl sites for hydroxylation is 1. The summed E-state index contributed by atoms with van der Waals surface area (Å²) >= 11 is 0. The average Bonchev–Trinajstić information content (AvgIpc) is 3.36. The molecule has 46 heavy (non-hydrogen) atoms. The van der Waals surface area contributed by atoms with Gasteiger partial charge in [0.15, 0.2) is 5.78 Å². The van der Waals surface area contributed by atoms with Crippen LogP contribution in [0.3, 0.4) is 0 Å². The number of carbonyl (C=O) groups is 1. The summed E-state index contributed by atoms with van der Waals surface area (Å²) < 4.78 is 2.21. The second kappa shape index (κ2) is 14.3. The van der Waals surface area contributed by atoms with Gasteiger partial charge in [0.05, 0.1) is 16.6 Å². The zero-order valence-corrected chi connectivity index (χ0v) is 30.3. The van der Waals surface area contributed by atoms with Gasteiger partial charge in [-0.3, -0.25) is 9.78 Å². The van der Waals surface area contributed by atoms with Gasteiger partial charge in [-0.25, -0.2) is 4.98 Å². The van der Waals surface area contributed by atoms with Gasteiger partial charge in [0.1, 0.15) is 12.1 Å². The van der Waals surface area contributed by atoms with Gasteiger partial charge in [0, 0.05) is 55.1 Å². The Hall–Kier alpha value is -3.86. The molecule has 6 heteroatoms. The Morgan fingerprint density at radius 1 is 0.826 bits per heavy atom. The fourth-order valence-corrected chi connectivity index (χ4v) is 5.93. The van der Waals surface area contributed by atoms with Gasteiger partial charge >= 0.3 is 0 Å². The van der Waals surface area contributed by atoms with Gasteiger partial charge < -0.3 is 9.67 Å². The summed E-state index contributed by atoms with van der Waals surface area (Å²) in [5, 5.41) is 16.1. The van der Waals surface area contributed by atoms with Crippen molar-refractivity contribution in [3.05, 3.63) is 97.0 Å². The van der Waals surface area contributed by atoms with Crippen LogP contribution in [0.4, 0.5) is 0 Å². The molecule has 0 saturated heterocycles. The molecule has 241 valence electrons. The first-order chi connectivity index (χ1) is 21.6. The fourth-order valence-electron chi connectivity index (χ4n) is 5.93. The summed E-state index contributed by atoms with van der Waals surface area (Å²) in [6.45, 7) is 12.1. The van der Waals surface area contributed by atoms with Gasteiger partial charge in [0.2, 0.25) is 0 Å². The Morgan fingerprint density at radius 2 is 1.41 bits per heavy atom. The van der Waals surface area contributed by atoms with E-state index in [1.807, 2.05) is 47.6 Å². The van der Waals surface area contributed by atoms with Gasteiger partial charge in [-0.1, -0.05) is 95.5 Å².